The summed E-state index contributed by atoms with van der Waals surface area (Å²) in [6, 6.07) is 6.71. The number of carbonyl (C=O) groups excluding carboxylic acids is 1. The third-order valence-corrected chi connectivity index (χ3v) is 4.63. The van der Waals surface area contributed by atoms with Crippen molar-refractivity contribution in [3.05, 3.63) is 57.4 Å². The minimum Gasteiger partial charge on any atom is -0.508 e. The number of rotatable bonds is 7. The molecule has 0 saturated carbocycles. The van der Waals surface area contributed by atoms with E-state index in [0.717, 1.165) is 11.1 Å². The third-order valence-electron chi connectivity index (χ3n) is 4.29. The summed E-state index contributed by atoms with van der Waals surface area (Å²) in [5, 5.41) is 10.3. The van der Waals surface area contributed by atoms with E-state index in [-0.39, 0.29) is 30.6 Å². The average molecular weight is 395 g/mol. The Morgan fingerprint density at radius 1 is 1.30 bits per heavy atom. The van der Waals surface area contributed by atoms with Crippen LogP contribution in [-0.2, 0) is 16.0 Å². The zero-order valence-electron chi connectivity index (χ0n) is 15.9. The fourth-order valence-electron chi connectivity index (χ4n) is 2.80. The van der Waals surface area contributed by atoms with Gasteiger partial charge in [0.15, 0.2) is 18.2 Å². The number of aromatic hydroxyl groups is 1. The first kappa shape index (κ1) is 21.0. The zero-order chi connectivity index (χ0) is 20.1. The molecule has 0 aromatic heterocycles. The van der Waals surface area contributed by atoms with E-state index in [0.29, 0.717) is 22.6 Å². The molecule has 0 aliphatic rings. The van der Waals surface area contributed by atoms with Crippen LogP contribution < -0.4 is 4.74 Å². The van der Waals surface area contributed by atoms with Gasteiger partial charge in [-0.05, 0) is 54.5 Å². The summed E-state index contributed by atoms with van der Waals surface area (Å²) in [7, 11) is 0. The van der Waals surface area contributed by atoms with Gasteiger partial charge in [-0.1, -0.05) is 37.6 Å². The number of esters is 1. The predicted molar refractivity (Wildman–Crippen MR) is 103 cm³/mol. The lowest BCUT2D eigenvalue weighted by Gasteiger charge is -2.15. The molecule has 0 aliphatic carbocycles. The van der Waals surface area contributed by atoms with Crippen LogP contribution >= 0.6 is 11.6 Å². The molecule has 0 bridgehead atoms. The maximum atomic E-state index is 14.7. The average Bonchev–Trinajstić information content (AvgIpc) is 2.62. The lowest BCUT2D eigenvalue weighted by Crippen LogP contribution is -2.15. The quantitative estimate of drug-likeness (QED) is 0.660. The molecule has 0 heterocycles. The van der Waals surface area contributed by atoms with Crippen molar-refractivity contribution >= 4 is 17.6 Å². The van der Waals surface area contributed by atoms with E-state index in [1.807, 2.05) is 19.9 Å². The number of carbonyl (C=O) groups is 1. The Morgan fingerprint density at radius 2 is 2.00 bits per heavy atom. The molecular formula is C21H24ClFO4. The molecule has 0 radical (unpaired) electrons. The summed E-state index contributed by atoms with van der Waals surface area (Å²) in [6.45, 7) is 7.14. The van der Waals surface area contributed by atoms with Crippen LogP contribution in [0, 0.1) is 12.7 Å². The Morgan fingerprint density at radius 3 is 2.63 bits per heavy atom. The Kier molecular flexibility index (Phi) is 7.08. The zero-order valence-corrected chi connectivity index (χ0v) is 16.7. The van der Waals surface area contributed by atoms with E-state index < -0.39 is 11.8 Å². The Balaban J connectivity index is 2.27. The molecular weight excluding hydrogens is 371 g/mol. The SMILES string of the molecule is CCOC(=O)COc1cc(Cl)c(Cc2ccc(O)c(C(C)C)c2)c(C)c1F. The van der Waals surface area contributed by atoms with Crippen molar-refractivity contribution in [3.8, 4) is 11.5 Å². The molecule has 6 heteroatoms. The molecule has 0 atom stereocenters. The van der Waals surface area contributed by atoms with Crippen LogP contribution in [0.4, 0.5) is 4.39 Å². The van der Waals surface area contributed by atoms with Gasteiger partial charge < -0.3 is 14.6 Å². The Bertz CT molecular complexity index is 833. The Hall–Kier alpha value is -2.27. The summed E-state index contributed by atoms with van der Waals surface area (Å²) in [5.41, 5.74) is 2.75. The number of phenols is 1. The van der Waals surface area contributed by atoms with E-state index in [4.69, 9.17) is 21.1 Å². The van der Waals surface area contributed by atoms with Gasteiger partial charge in [-0.25, -0.2) is 9.18 Å². The van der Waals surface area contributed by atoms with Gasteiger partial charge in [-0.15, -0.1) is 0 Å². The van der Waals surface area contributed by atoms with Crippen LogP contribution in [0.15, 0.2) is 24.3 Å². The van der Waals surface area contributed by atoms with Crippen molar-refractivity contribution < 1.29 is 23.8 Å². The first-order valence-corrected chi connectivity index (χ1v) is 9.20. The second-order valence-electron chi connectivity index (χ2n) is 6.59. The van der Waals surface area contributed by atoms with Crippen molar-refractivity contribution in [3.63, 3.8) is 0 Å². The van der Waals surface area contributed by atoms with Gasteiger partial charge in [0.1, 0.15) is 5.75 Å². The van der Waals surface area contributed by atoms with E-state index in [1.165, 1.54) is 6.07 Å². The minimum absolute atomic E-state index is 0.0807. The molecule has 146 valence electrons. The highest BCUT2D eigenvalue weighted by atomic mass is 35.5. The van der Waals surface area contributed by atoms with Gasteiger partial charge >= 0.3 is 5.97 Å². The van der Waals surface area contributed by atoms with Crippen molar-refractivity contribution in [1.29, 1.82) is 0 Å². The second kappa shape index (κ2) is 9.09. The monoisotopic (exact) mass is 394 g/mol. The van der Waals surface area contributed by atoms with Crippen molar-refractivity contribution in [2.75, 3.05) is 13.2 Å². The van der Waals surface area contributed by atoms with Crippen LogP contribution in [0.2, 0.25) is 5.02 Å². The van der Waals surface area contributed by atoms with Crippen LogP contribution in [0.5, 0.6) is 11.5 Å². The van der Waals surface area contributed by atoms with Crippen molar-refractivity contribution in [1.82, 2.24) is 0 Å². The van der Waals surface area contributed by atoms with Gasteiger partial charge in [0, 0.05) is 11.1 Å². The fraction of sp³-hybridized carbons (Fsp3) is 0.381. The normalized spacial score (nSPS) is 10.9. The lowest BCUT2D eigenvalue weighted by molar-refractivity contribution is -0.145. The first-order valence-electron chi connectivity index (χ1n) is 8.82. The highest BCUT2D eigenvalue weighted by Crippen LogP contribution is 2.33. The lowest BCUT2D eigenvalue weighted by atomic mass is 9.95. The van der Waals surface area contributed by atoms with Crippen LogP contribution in [-0.4, -0.2) is 24.3 Å². The van der Waals surface area contributed by atoms with E-state index >= 15 is 0 Å². The first-order chi connectivity index (χ1) is 12.7. The van der Waals surface area contributed by atoms with E-state index in [2.05, 4.69) is 0 Å². The number of hydrogen-bond acceptors (Lipinski definition) is 4. The molecule has 27 heavy (non-hydrogen) atoms. The number of hydrogen-bond donors (Lipinski definition) is 1. The number of ether oxygens (including phenoxy) is 2. The molecule has 0 unspecified atom stereocenters. The highest BCUT2D eigenvalue weighted by Gasteiger charge is 2.18. The molecule has 0 amide bonds. The van der Waals surface area contributed by atoms with Gasteiger partial charge in [0.25, 0.3) is 0 Å². The molecule has 2 aromatic carbocycles. The molecule has 0 saturated heterocycles. The number of phenolic OH excluding ortho intramolecular Hbond substituents is 1. The number of benzene rings is 2. The maximum absolute atomic E-state index is 14.7. The van der Waals surface area contributed by atoms with Crippen LogP contribution in [0.3, 0.4) is 0 Å². The number of halogens is 2. The topological polar surface area (TPSA) is 55.8 Å². The molecule has 2 rings (SSSR count). The van der Waals surface area contributed by atoms with Crippen LogP contribution in [0.1, 0.15) is 48.9 Å². The van der Waals surface area contributed by atoms with Gasteiger partial charge in [0.2, 0.25) is 0 Å². The summed E-state index contributed by atoms with van der Waals surface area (Å²) >= 11 is 6.35. The summed E-state index contributed by atoms with van der Waals surface area (Å²) < 4.78 is 24.7. The summed E-state index contributed by atoms with van der Waals surface area (Å²) in [6.07, 6.45) is 0.416. The van der Waals surface area contributed by atoms with E-state index in [9.17, 15) is 14.3 Å². The summed E-state index contributed by atoms with van der Waals surface area (Å²) in [4.78, 5) is 11.4. The second-order valence-corrected chi connectivity index (χ2v) is 7.00. The molecule has 2 aromatic rings. The smallest absolute Gasteiger partial charge is 0.344 e. The van der Waals surface area contributed by atoms with Gasteiger partial charge in [0.05, 0.1) is 6.61 Å². The predicted octanol–water partition coefficient (Wildman–Crippen LogP) is 5.15. The molecule has 1 N–H and O–H groups in total. The highest BCUT2D eigenvalue weighted by molar-refractivity contribution is 6.31. The molecule has 0 fully saturated rings. The standard InChI is InChI=1S/C21H24ClFO4/c1-5-26-20(25)11-27-19-10-17(22)16(13(4)21(19)23)9-14-6-7-18(24)15(8-14)12(2)3/h6-8,10,12,24H,5,9,11H2,1-4H3. The van der Waals surface area contributed by atoms with E-state index in [1.54, 1.807) is 26.0 Å². The van der Waals surface area contributed by atoms with Crippen molar-refractivity contribution in [2.45, 2.75) is 40.0 Å². The molecule has 4 nitrogen and oxygen atoms in total. The third kappa shape index (κ3) is 5.13. The Labute approximate surface area is 163 Å². The maximum Gasteiger partial charge on any atom is 0.344 e. The van der Waals surface area contributed by atoms with Gasteiger partial charge in [-0.3, -0.25) is 0 Å². The molecule has 0 spiro atoms. The van der Waals surface area contributed by atoms with Gasteiger partial charge in [-0.2, -0.15) is 0 Å². The van der Waals surface area contributed by atoms with Crippen LogP contribution in [0.25, 0.3) is 0 Å². The fourth-order valence-corrected chi connectivity index (χ4v) is 3.11. The van der Waals surface area contributed by atoms with Crippen molar-refractivity contribution in [2.24, 2.45) is 0 Å². The minimum atomic E-state index is -0.569. The summed E-state index contributed by atoms with van der Waals surface area (Å²) in [5.74, 6) is -0.799. The molecule has 0 aliphatic heterocycles. The largest absolute Gasteiger partial charge is 0.508 e.